The predicted molar refractivity (Wildman–Crippen MR) is 85.6 cm³/mol. The van der Waals surface area contributed by atoms with E-state index >= 15 is 0 Å². The van der Waals surface area contributed by atoms with Crippen LogP contribution in [0, 0.1) is 10.8 Å². The first-order valence-corrected chi connectivity index (χ1v) is 8.17. The normalized spacial score (nSPS) is 21.0. The van der Waals surface area contributed by atoms with Crippen LogP contribution in [0.1, 0.15) is 66.7 Å². The molecule has 0 unspecified atom stereocenters. The van der Waals surface area contributed by atoms with Gasteiger partial charge in [-0.2, -0.15) is 0 Å². The molecule has 0 aromatic rings. The van der Waals surface area contributed by atoms with E-state index in [9.17, 15) is 0 Å². The zero-order valence-corrected chi connectivity index (χ0v) is 14.2. The van der Waals surface area contributed by atoms with Gasteiger partial charge in [-0.05, 0) is 56.5 Å². The lowest BCUT2D eigenvalue weighted by molar-refractivity contribution is 0.0950. The van der Waals surface area contributed by atoms with Gasteiger partial charge in [-0.25, -0.2) is 0 Å². The van der Waals surface area contributed by atoms with Crippen LogP contribution < -0.4 is 5.32 Å². The first-order valence-electron chi connectivity index (χ1n) is 8.17. The first kappa shape index (κ1) is 17.0. The summed E-state index contributed by atoms with van der Waals surface area (Å²) in [4.78, 5) is 2.61. The van der Waals surface area contributed by atoms with Gasteiger partial charge in [0.15, 0.2) is 0 Å². The molecule has 0 bridgehead atoms. The molecule has 1 N–H and O–H groups in total. The molecule has 1 aliphatic rings. The van der Waals surface area contributed by atoms with E-state index in [0.29, 0.717) is 10.8 Å². The van der Waals surface area contributed by atoms with E-state index in [1.54, 1.807) is 0 Å². The second-order valence-corrected chi connectivity index (χ2v) is 8.15. The summed E-state index contributed by atoms with van der Waals surface area (Å²) in [5.74, 6) is 0. The number of nitrogens with one attached hydrogen (secondary N) is 1. The molecule has 0 heterocycles. The Labute approximate surface area is 121 Å². The number of rotatable bonds is 7. The maximum Gasteiger partial charge on any atom is 0.00928 e. The van der Waals surface area contributed by atoms with Crippen molar-refractivity contribution in [1.82, 2.24) is 10.2 Å². The van der Waals surface area contributed by atoms with Crippen molar-refractivity contribution in [3.63, 3.8) is 0 Å². The quantitative estimate of drug-likeness (QED) is 0.704. The van der Waals surface area contributed by atoms with Crippen LogP contribution in [0.5, 0.6) is 0 Å². The molecular formula is C17H36N2. The van der Waals surface area contributed by atoms with Crippen LogP contribution in [0.2, 0.25) is 0 Å². The van der Waals surface area contributed by atoms with Crippen LogP contribution in [0.25, 0.3) is 0 Å². The molecule has 0 aromatic carbocycles. The number of nitrogens with zero attached hydrogens (tertiary/aromatic N) is 1. The Morgan fingerprint density at radius 3 is 2.32 bits per heavy atom. The highest BCUT2D eigenvalue weighted by molar-refractivity contribution is 4.85. The van der Waals surface area contributed by atoms with Crippen molar-refractivity contribution in [2.24, 2.45) is 10.8 Å². The average Bonchev–Trinajstić information content (AvgIpc) is 2.28. The monoisotopic (exact) mass is 268 g/mol. The molecule has 0 atom stereocenters. The van der Waals surface area contributed by atoms with E-state index < -0.39 is 0 Å². The molecule has 114 valence electrons. The SMILES string of the molecule is CCCNCC(C)(C)CN(C)C1CCC(C)(C)CC1. The van der Waals surface area contributed by atoms with Crippen molar-refractivity contribution in [1.29, 1.82) is 0 Å². The van der Waals surface area contributed by atoms with Crippen LogP contribution in [-0.2, 0) is 0 Å². The number of hydrogen-bond donors (Lipinski definition) is 1. The second-order valence-electron chi connectivity index (χ2n) is 8.15. The molecule has 0 aliphatic heterocycles. The Balaban J connectivity index is 2.35. The third kappa shape index (κ3) is 6.27. The zero-order valence-electron chi connectivity index (χ0n) is 14.2. The van der Waals surface area contributed by atoms with E-state index in [4.69, 9.17) is 0 Å². The van der Waals surface area contributed by atoms with E-state index in [1.807, 2.05) is 0 Å². The summed E-state index contributed by atoms with van der Waals surface area (Å²) < 4.78 is 0. The molecule has 0 radical (unpaired) electrons. The van der Waals surface area contributed by atoms with Gasteiger partial charge in [-0.1, -0.05) is 34.6 Å². The van der Waals surface area contributed by atoms with Crippen molar-refractivity contribution in [3.8, 4) is 0 Å². The smallest absolute Gasteiger partial charge is 0.00928 e. The number of hydrogen-bond acceptors (Lipinski definition) is 2. The van der Waals surface area contributed by atoms with Gasteiger partial charge in [-0.15, -0.1) is 0 Å². The standard InChI is InChI=1S/C17H36N2/c1-7-12-18-13-17(4,5)14-19(6)15-8-10-16(2,3)11-9-15/h15,18H,7-14H2,1-6H3. The molecule has 1 rings (SSSR count). The molecular weight excluding hydrogens is 232 g/mol. The van der Waals surface area contributed by atoms with Crippen molar-refractivity contribution in [3.05, 3.63) is 0 Å². The van der Waals surface area contributed by atoms with Gasteiger partial charge in [0.1, 0.15) is 0 Å². The molecule has 0 aromatic heterocycles. The van der Waals surface area contributed by atoms with E-state index in [-0.39, 0.29) is 0 Å². The Morgan fingerprint density at radius 2 is 1.79 bits per heavy atom. The maximum atomic E-state index is 3.57. The molecule has 19 heavy (non-hydrogen) atoms. The van der Waals surface area contributed by atoms with Crippen molar-refractivity contribution in [2.75, 3.05) is 26.7 Å². The molecule has 0 saturated heterocycles. The average molecular weight is 268 g/mol. The molecule has 2 heteroatoms. The lowest BCUT2D eigenvalue weighted by Crippen LogP contribution is -2.45. The Bertz CT molecular complexity index is 248. The van der Waals surface area contributed by atoms with E-state index in [0.717, 1.165) is 19.1 Å². The van der Waals surface area contributed by atoms with Gasteiger partial charge in [0.05, 0.1) is 0 Å². The molecule has 1 fully saturated rings. The summed E-state index contributed by atoms with van der Waals surface area (Å²) in [5, 5.41) is 3.57. The zero-order chi connectivity index (χ0) is 14.5. The van der Waals surface area contributed by atoms with Crippen molar-refractivity contribution in [2.45, 2.75) is 72.8 Å². The van der Waals surface area contributed by atoms with E-state index in [1.165, 1.54) is 38.6 Å². The van der Waals surface area contributed by atoms with Crippen LogP contribution in [-0.4, -0.2) is 37.6 Å². The van der Waals surface area contributed by atoms with Crippen molar-refractivity contribution < 1.29 is 0 Å². The minimum Gasteiger partial charge on any atom is -0.316 e. The Kier molecular flexibility index (Phi) is 6.32. The summed E-state index contributed by atoms with van der Waals surface area (Å²) in [7, 11) is 2.32. The van der Waals surface area contributed by atoms with Crippen LogP contribution in [0.15, 0.2) is 0 Å². The summed E-state index contributed by atoms with van der Waals surface area (Å²) in [6.07, 6.45) is 6.75. The van der Waals surface area contributed by atoms with Crippen molar-refractivity contribution >= 4 is 0 Å². The minimum atomic E-state index is 0.372. The van der Waals surface area contributed by atoms with Gasteiger partial charge in [0, 0.05) is 19.1 Å². The third-order valence-corrected chi connectivity index (χ3v) is 4.64. The lowest BCUT2D eigenvalue weighted by atomic mass is 9.75. The summed E-state index contributed by atoms with van der Waals surface area (Å²) in [6, 6.07) is 0.804. The molecule has 1 aliphatic carbocycles. The van der Waals surface area contributed by atoms with Gasteiger partial charge >= 0.3 is 0 Å². The highest BCUT2D eigenvalue weighted by Gasteiger charge is 2.30. The molecule has 0 spiro atoms. The Hall–Kier alpha value is -0.0800. The van der Waals surface area contributed by atoms with Gasteiger partial charge in [0.2, 0.25) is 0 Å². The topological polar surface area (TPSA) is 15.3 Å². The first-order chi connectivity index (χ1) is 8.76. The van der Waals surface area contributed by atoms with Gasteiger partial charge in [-0.3, -0.25) is 0 Å². The molecule has 2 nitrogen and oxygen atoms in total. The maximum absolute atomic E-state index is 3.57. The summed E-state index contributed by atoms with van der Waals surface area (Å²) >= 11 is 0. The Morgan fingerprint density at radius 1 is 1.21 bits per heavy atom. The van der Waals surface area contributed by atoms with Gasteiger partial charge in [0.25, 0.3) is 0 Å². The fourth-order valence-electron chi connectivity index (χ4n) is 3.29. The fourth-order valence-corrected chi connectivity index (χ4v) is 3.29. The van der Waals surface area contributed by atoms with Crippen LogP contribution in [0.4, 0.5) is 0 Å². The van der Waals surface area contributed by atoms with Crippen LogP contribution in [0.3, 0.4) is 0 Å². The van der Waals surface area contributed by atoms with Gasteiger partial charge < -0.3 is 10.2 Å². The molecule has 1 saturated carbocycles. The van der Waals surface area contributed by atoms with E-state index in [2.05, 4.69) is 51.9 Å². The predicted octanol–water partition coefficient (Wildman–Crippen LogP) is 3.91. The fraction of sp³-hybridized carbons (Fsp3) is 1.00. The minimum absolute atomic E-state index is 0.372. The highest BCUT2D eigenvalue weighted by Crippen LogP contribution is 2.37. The van der Waals surface area contributed by atoms with Crippen LogP contribution >= 0.6 is 0 Å². The second kappa shape index (κ2) is 7.08. The summed E-state index contributed by atoms with van der Waals surface area (Å²) in [5.41, 5.74) is 0.951. The summed E-state index contributed by atoms with van der Waals surface area (Å²) in [6.45, 7) is 15.3. The molecule has 0 amide bonds. The third-order valence-electron chi connectivity index (χ3n) is 4.64. The highest BCUT2D eigenvalue weighted by atomic mass is 15.1. The largest absolute Gasteiger partial charge is 0.316 e. The lowest BCUT2D eigenvalue weighted by Gasteiger charge is -2.41.